The molecule has 1 atom stereocenters. The number of aromatic hydroxyl groups is 1. The third-order valence-corrected chi connectivity index (χ3v) is 9.98. The molecule has 0 radical (unpaired) electrons. The van der Waals surface area contributed by atoms with E-state index in [0.29, 0.717) is 5.56 Å². The van der Waals surface area contributed by atoms with Crippen LogP contribution in [0, 0.1) is 5.41 Å². The fraction of sp³-hybridized carbons (Fsp3) is 0.333. The lowest BCUT2D eigenvalue weighted by Gasteiger charge is -2.39. The Morgan fingerprint density at radius 3 is 2.03 bits per heavy atom. The quantitative estimate of drug-likeness (QED) is 0.257. The molecule has 0 saturated carbocycles. The number of carbonyl (C=O) groups is 2. The summed E-state index contributed by atoms with van der Waals surface area (Å²) in [4.78, 5) is 25.6. The third-order valence-electron chi connectivity index (χ3n) is 7.44. The zero-order chi connectivity index (χ0) is 29.2. The molecule has 0 aliphatic carbocycles. The lowest BCUT2D eigenvalue weighted by Crippen LogP contribution is -2.35. The zero-order valence-corrected chi connectivity index (χ0v) is 24.6. The van der Waals surface area contributed by atoms with E-state index in [4.69, 9.17) is 11.6 Å². The molecular weight excluding hydrogens is 536 g/mol. The van der Waals surface area contributed by atoms with E-state index in [1.807, 2.05) is 0 Å². The maximum absolute atomic E-state index is 13.4. The highest BCUT2D eigenvalue weighted by molar-refractivity contribution is 7.92. The Balaban J connectivity index is 1.81. The van der Waals surface area contributed by atoms with Crippen LogP contribution in [0.1, 0.15) is 63.9 Å². The summed E-state index contributed by atoms with van der Waals surface area (Å²) < 4.78 is 26.8. The van der Waals surface area contributed by atoms with Crippen molar-refractivity contribution in [3.63, 3.8) is 0 Å². The Morgan fingerprint density at radius 1 is 0.897 bits per heavy atom. The lowest BCUT2D eigenvalue weighted by molar-refractivity contribution is -0.115. The summed E-state index contributed by atoms with van der Waals surface area (Å²) in [6.45, 7) is 12.2. The van der Waals surface area contributed by atoms with Crippen LogP contribution in [0.2, 0.25) is 5.02 Å². The summed E-state index contributed by atoms with van der Waals surface area (Å²) in [7, 11) is -4.02. The Labute approximate surface area is 235 Å². The number of benzene rings is 3. The predicted octanol–water partition coefficient (Wildman–Crippen LogP) is 6.81. The van der Waals surface area contributed by atoms with Gasteiger partial charge in [-0.3, -0.25) is 9.59 Å². The van der Waals surface area contributed by atoms with Crippen molar-refractivity contribution < 1.29 is 23.1 Å². The van der Waals surface area contributed by atoms with Gasteiger partial charge >= 0.3 is 0 Å². The Bertz CT molecular complexity index is 1460. The van der Waals surface area contributed by atoms with Gasteiger partial charge in [-0.05, 0) is 53.1 Å². The SMILES string of the molecule is CCC(C(=O)Nc1cc(O)c(NC(=O)c2ccccc2)cc1Cl)S(=O)(=O)c1ccc(C(C)(C)C(C)(C)C)cc1. The molecule has 0 saturated heterocycles. The van der Waals surface area contributed by atoms with Crippen LogP contribution in [0.4, 0.5) is 11.4 Å². The molecule has 0 aliphatic heterocycles. The van der Waals surface area contributed by atoms with Gasteiger partial charge in [0.05, 0.1) is 21.3 Å². The van der Waals surface area contributed by atoms with Crippen LogP contribution in [-0.2, 0) is 20.0 Å². The molecular formula is C30H35ClN2O5S. The number of anilines is 2. The molecule has 9 heteroatoms. The maximum atomic E-state index is 13.4. The summed E-state index contributed by atoms with van der Waals surface area (Å²) in [5.41, 5.74) is 1.19. The second-order valence-corrected chi connectivity index (χ2v) is 13.5. The first kappa shape index (κ1) is 30.2. The normalized spacial score (nSPS) is 13.0. The Kier molecular flexibility index (Phi) is 8.82. The number of halogens is 1. The molecule has 3 rings (SSSR count). The minimum Gasteiger partial charge on any atom is -0.506 e. The smallest absolute Gasteiger partial charge is 0.255 e. The molecule has 2 amide bonds. The average molecular weight is 571 g/mol. The van der Waals surface area contributed by atoms with Gasteiger partial charge in [-0.25, -0.2) is 8.42 Å². The number of amides is 2. The summed E-state index contributed by atoms with van der Waals surface area (Å²) in [6.07, 6.45) is 0.0260. The van der Waals surface area contributed by atoms with E-state index >= 15 is 0 Å². The maximum Gasteiger partial charge on any atom is 0.255 e. The molecule has 0 aliphatic rings. The number of hydrogen-bond acceptors (Lipinski definition) is 5. The van der Waals surface area contributed by atoms with E-state index in [-0.39, 0.29) is 44.3 Å². The van der Waals surface area contributed by atoms with Gasteiger partial charge < -0.3 is 15.7 Å². The number of rotatable bonds is 8. The highest BCUT2D eigenvalue weighted by atomic mass is 35.5. The van der Waals surface area contributed by atoms with Gasteiger partial charge in [0.2, 0.25) is 5.91 Å². The van der Waals surface area contributed by atoms with E-state index in [1.54, 1.807) is 49.4 Å². The van der Waals surface area contributed by atoms with E-state index in [1.165, 1.54) is 24.3 Å². The monoisotopic (exact) mass is 570 g/mol. The number of hydrogen-bond donors (Lipinski definition) is 3. The molecule has 3 aromatic rings. The number of nitrogens with one attached hydrogen (secondary N) is 2. The van der Waals surface area contributed by atoms with Crippen molar-refractivity contribution in [2.24, 2.45) is 5.41 Å². The fourth-order valence-electron chi connectivity index (χ4n) is 3.96. The van der Waals surface area contributed by atoms with Crippen molar-refractivity contribution in [2.75, 3.05) is 10.6 Å². The van der Waals surface area contributed by atoms with Gasteiger partial charge in [-0.1, -0.05) is 83.5 Å². The summed E-state index contributed by atoms with van der Waals surface area (Å²) in [5, 5.41) is 14.2. The van der Waals surface area contributed by atoms with Crippen molar-refractivity contribution in [3.05, 3.63) is 82.9 Å². The van der Waals surface area contributed by atoms with Crippen LogP contribution in [0.25, 0.3) is 0 Å². The van der Waals surface area contributed by atoms with Gasteiger partial charge in [0.15, 0.2) is 9.84 Å². The first-order valence-corrected chi connectivity index (χ1v) is 14.6. The number of carbonyl (C=O) groups excluding carboxylic acids is 2. The minimum absolute atomic E-state index is 0.0190. The van der Waals surface area contributed by atoms with Crippen molar-refractivity contribution in [1.29, 1.82) is 0 Å². The molecule has 39 heavy (non-hydrogen) atoms. The van der Waals surface area contributed by atoms with E-state index < -0.39 is 26.9 Å². The topological polar surface area (TPSA) is 113 Å². The van der Waals surface area contributed by atoms with Crippen molar-refractivity contribution in [1.82, 2.24) is 0 Å². The highest BCUT2D eigenvalue weighted by Crippen LogP contribution is 2.41. The largest absolute Gasteiger partial charge is 0.506 e. The predicted molar refractivity (Wildman–Crippen MR) is 156 cm³/mol. The van der Waals surface area contributed by atoms with Gasteiger partial charge in [0, 0.05) is 11.6 Å². The average Bonchev–Trinajstić information content (AvgIpc) is 2.87. The molecule has 7 nitrogen and oxygen atoms in total. The summed E-state index contributed by atoms with van der Waals surface area (Å²) in [5.74, 6) is -1.57. The molecule has 0 bridgehead atoms. The van der Waals surface area contributed by atoms with Gasteiger partial charge in [0.1, 0.15) is 11.0 Å². The number of phenolic OH excluding ortho intramolecular Hbond substituents is 1. The van der Waals surface area contributed by atoms with Crippen LogP contribution in [0.3, 0.4) is 0 Å². The Hall–Kier alpha value is -3.36. The minimum atomic E-state index is -4.02. The molecule has 3 aromatic carbocycles. The molecule has 3 N–H and O–H groups in total. The van der Waals surface area contributed by atoms with Gasteiger partial charge in [0.25, 0.3) is 5.91 Å². The van der Waals surface area contributed by atoms with Crippen LogP contribution in [0.15, 0.2) is 71.6 Å². The van der Waals surface area contributed by atoms with Crippen LogP contribution in [0.5, 0.6) is 5.75 Å². The van der Waals surface area contributed by atoms with Crippen LogP contribution >= 0.6 is 11.6 Å². The van der Waals surface area contributed by atoms with Crippen molar-refractivity contribution in [2.45, 2.75) is 63.5 Å². The summed E-state index contributed by atoms with van der Waals surface area (Å²) >= 11 is 6.32. The van der Waals surface area contributed by atoms with Crippen LogP contribution < -0.4 is 10.6 Å². The molecule has 0 aromatic heterocycles. The highest BCUT2D eigenvalue weighted by Gasteiger charge is 2.36. The standard InChI is InChI=1S/C30H35ClN2O5S/c1-7-26(39(37,38)21-15-13-20(14-16-21)30(5,6)29(2,3)4)28(36)32-23-18-25(34)24(17-22(23)31)33-27(35)19-11-9-8-10-12-19/h8-18,26,34H,7H2,1-6H3,(H,32,36)(H,33,35). The molecule has 1 unspecified atom stereocenters. The number of sulfone groups is 1. The van der Waals surface area contributed by atoms with Gasteiger partial charge in [-0.15, -0.1) is 0 Å². The van der Waals surface area contributed by atoms with Gasteiger partial charge in [-0.2, -0.15) is 0 Å². The second-order valence-electron chi connectivity index (χ2n) is 11.0. The molecule has 208 valence electrons. The van der Waals surface area contributed by atoms with E-state index in [2.05, 4.69) is 45.3 Å². The van der Waals surface area contributed by atoms with Crippen LogP contribution in [-0.4, -0.2) is 30.6 Å². The molecule has 0 fully saturated rings. The third kappa shape index (κ3) is 6.45. The summed E-state index contributed by atoms with van der Waals surface area (Å²) in [6, 6.07) is 17.5. The zero-order valence-electron chi connectivity index (χ0n) is 23.0. The van der Waals surface area contributed by atoms with Crippen molar-refractivity contribution in [3.8, 4) is 5.75 Å². The van der Waals surface area contributed by atoms with E-state index in [0.717, 1.165) is 5.56 Å². The Morgan fingerprint density at radius 2 is 1.49 bits per heavy atom. The first-order chi connectivity index (χ1) is 18.1. The van der Waals surface area contributed by atoms with E-state index in [9.17, 15) is 23.1 Å². The molecule has 0 heterocycles. The number of phenols is 1. The second kappa shape index (κ2) is 11.4. The van der Waals surface area contributed by atoms with Crippen molar-refractivity contribution >= 4 is 44.6 Å². The fourth-order valence-corrected chi connectivity index (χ4v) is 5.79. The first-order valence-electron chi connectivity index (χ1n) is 12.6. The lowest BCUT2D eigenvalue weighted by atomic mass is 9.65. The molecule has 0 spiro atoms.